The molecule has 1 aliphatic carbocycles. The minimum atomic E-state index is -0.463. The highest BCUT2D eigenvalue weighted by Crippen LogP contribution is 2.41. The van der Waals surface area contributed by atoms with E-state index in [1.807, 2.05) is 32.9 Å². The molecule has 1 N–H and O–H groups in total. The van der Waals surface area contributed by atoms with Crippen molar-refractivity contribution < 1.29 is 13.6 Å². The molecule has 3 aromatic rings. The number of hydrogen-bond acceptors (Lipinski definition) is 5. The number of benzene rings is 3. The second-order valence-corrected chi connectivity index (χ2v) is 11.1. The molecule has 1 saturated heterocycles. The number of halogens is 2. The van der Waals surface area contributed by atoms with Gasteiger partial charge < -0.3 is 15.0 Å². The van der Waals surface area contributed by atoms with E-state index in [0.717, 1.165) is 61.9 Å². The van der Waals surface area contributed by atoms with Crippen molar-refractivity contribution in [2.75, 3.05) is 32.0 Å². The van der Waals surface area contributed by atoms with Crippen molar-refractivity contribution in [3.8, 4) is 6.07 Å². The second kappa shape index (κ2) is 18.6. The SMILES string of the molecule is C/C(C#N)=C(\Nc1ccccc1C)N1CCN(C)C(c2ccccc2)C1.CC.CC1CC(c2cc(F)cc(F)c2)C1.CC=O. The van der Waals surface area contributed by atoms with E-state index in [4.69, 9.17) is 4.79 Å². The first kappa shape index (κ1) is 36.2. The zero-order valence-corrected chi connectivity index (χ0v) is 27.3. The lowest BCUT2D eigenvalue weighted by atomic mass is 9.72. The van der Waals surface area contributed by atoms with Gasteiger partial charge in [-0.2, -0.15) is 5.26 Å². The highest BCUT2D eigenvalue weighted by Gasteiger charge is 2.28. The third kappa shape index (κ3) is 10.6. The van der Waals surface area contributed by atoms with E-state index in [2.05, 4.69) is 84.5 Å². The third-order valence-corrected chi connectivity index (χ3v) is 7.80. The maximum absolute atomic E-state index is 12.8. The minimum absolute atomic E-state index is 0.310. The van der Waals surface area contributed by atoms with Crippen LogP contribution in [0.25, 0.3) is 0 Å². The van der Waals surface area contributed by atoms with E-state index in [0.29, 0.717) is 23.5 Å². The maximum atomic E-state index is 12.8. The van der Waals surface area contributed by atoms with Crippen molar-refractivity contribution in [2.24, 2.45) is 5.92 Å². The van der Waals surface area contributed by atoms with E-state index < -0.39 is 11.6 Å². The van der Waals surface area contributed by atoms with Crippen LogP contribution in [0.15, 0.2) is 84.2 Å². The number of nitrogens with zero attached hydrogens (tertiary/aromatic N) is 3. The number of likely N-dealkylation sites (N-methyl/N-ethyl adjacent to an activating group) is 1. The summed E-state index contributed by atoms with van der Waals surface area (Å²) in [5.74, 6) is 1.07. The molecule has 0 bridgehead atoms. The molecular formula is C37H48F2N4O. The number of aryl methyl sites for hydroxylation is 1. The zero-order chi connectivity index (χ0) is 32.6. The van der Waals surface area contributed by atoms with Gasteiger partial charge in [-0.25, -0.2) is 8.78 Å². The molecule has 5 rings (SSSR count). The lowest BCUT2D eigenvalue weighted by molar-refractivity contribution is -0.106. The molecule has 44 heavy (non-hydrogen) atoms. The molecule has 2 fully saturated rings. The highest BCUT2D eigenvalue weighted by atomic mass is 19.1. The Hall–Kier alpha value is -4.02. The summed E-state index contributed by atoms with van der Waals surface area (Å²) in [7, 11) is 2.17. The van der Waals surface area contributed by atoms with Crippen molar-refractivity contribution in [3.05, 3.63) is 113 Å². The molecule has 0 radical (unpaired) electrons. The fraction of sp³-hybridized carbons (Fsp3) is 0.405. The second-order valence-electron chi connectivity index (χ2n) is 11.1. The number of rotatable bonds is 5. The predicted octanol–water partition coefficient (Wildman–Crippen LogP) is 8.86. The molecule has 1 atom stereocenters. The van der Waals surface area contributed by atoms with E-state index in [9.17, 15) is 14.0 Å². The molecule has 1 unspecified atom stereocenters. The van der Waals surface area contributed by atoms with Gasteiger partial charge in [0.2, 0.25) is 0 Å². The van der Waals surface area contributed by atoms with Crippen LogP contribution in [0, 0.1) is 35.8 Å². The average molecular weight is 603 g/mol. The number of carbonyl (C=O) groups excluding carboxylic acids is 1. The molecule has 1 aliphatic heterocycles. The van der Waals surface area contributed by atoms with Crippen molar-refractivity contribution in [1.82, 2.24) is 9.80 Å². The first-order chi connectivity index (χ1) is 21.2. The Morgan fingerprint density at radius 1 is 0.955 bits per heavy atom. The molecule has 0 spiro atoms. The predicted molar refractivity (Wildman–Crippen MR) is 177 cm³/mol. The number of anilines is 1. The number of nitrogens with one attached hydrogen (secondary N) is 1. The van der Waals surface area contributed by atoms with Crippen LogP contribution >= 0.6 is 0 Å². The standard InChI is InChI=1S/C22H26N4.C11H12F2.C2H4O.C2H6/c1-17-9-7-8-12-20(17)24-22(18(2)15-23)26-14-13-25(3)21(16-26)19-10-5-4-6-11-19;1-7-2-8(3-7)9-4-10(12)6-11(13)5-9;1-2-3;1-2/h4-12,21,24H,13-14,16H2,1-3H3;4-8H,2-3H2,1H3;2H,1H3;1-2H3/b22-18-;;;. The summed E-state index contributed by atoms with van der Waals surface area (Å²) in [4.78, 5) is 13.5. The number of aldehydes is 1. The van der Waals surface area contributed by atoms with Gasteiger partial charge in [0, 0.05) is 31.4 Å². The molecule has 1 saturated carbocycles. The van der Waals surface area contributed by atoms with Crippen LogP contribution in [0.5, 0.6) is 0 Å². The number of nitriles is 1. The summed E-state index contributed by atoms with van der Waals surface area (Å²) >= 11 is 0. The van der Waals surface area contributed by atoms with Crippen LogP contribution < -0.4 is 5.32 Å². The van der Waals surface area contributed by atoms with Crippen LogP contribution in [0.1, 0.15) is 76.1 Å². The van der Waals surface area contributed by atoms with Crippen molar-refractivity contribution in [2.45, 2.75) is 66.3 Å². The Kier molecular flexibility index (Phi) is 15.3. The van der Waals surface area contributed by atoms with E-state index in [1.165, 1.54) is 30.2 Å². The quantitative estimate of drug-likeness (QED) is 0.234. The summed E-state index contributed by atoms with van der Waals surface area (Å²) in [5, 5.41) is 13.1. The molecule has 0 amide bonds. The smallest absolute Gasteiger partial charge is 0.126 e. The van der Waals surface area contributed by atoms with Crippen LogP contribution in [0.4, 0.5) is 14.5 Å². The lowest BCUT2D eigenvalue weighted by Gasteiger charge is -2.42. The molecule has 7 heteroatoms. The minimum Gasteiger partial charge on any atom is -0.354 e. The Bertz CT molecular complexity index is 1360. The van der Waals surface area contributed by atoms with Gasteiger partial charge in [-0.05, 0) is 87.4 Å². The average Bonchev–Trinajstić information content (AvgIpc) is 3.01. The first-order valence-electron chi connectivity index (χ1n) is 15.5. The van der Waals surface area contributed by atoms with Gasteiger partial charge in [-0.15, -0.1) is 0 Å². The van der Waals surface area contributed by atoms with E-state index in [1.54, 1.807) is 0 Å². The van der Waals surface area contributed by atoms with Gasteiger partial charge >= 0.3 is 0 Å². The topological polar surface area (TPSA) is 59.4 Å². The van der Waals surface area contributed by atoms with Gasteiger partial charge in [0.25, 0.3) is 0 Å². The van der Waals surface area contributed by atoms with Gasteiger partial charge in [-0.1, -0.05) is 69.3 Å². The molecular weight excluding hydrogens is 554 g/mol. The van der Waals surface area contributed by atoms with Crippen molar-refractivity contribution in [3.63, 3.8) is 0 Å². The van der Waals surface area contributed by atoms with Crippen molar-refractivity contribution >= 4 is 12.0 Å². The number of carbonyl (C=O) groups is 1. The number of hydrogen-bond donors (Lipinski definition) is 1. The van der Waals surface area contributed by atoms with E-state index in [-0.39, 0.29) is 0 Å². The Balaban J connectivity index is 0.000000312. The normalized spacial score (nSPS) is 19.5. The lowest BCUT2D eigenvalue weighted by Crippen LogP contribution is -2.47. The van der Waals surface area contributed by atoms with Crippen LogP contribution in [-0.4, -0.2) is 42.8 Å². The summed E-state index contributed by atoms with van der Waals surface area (Å²) in [5.41, 5.74) is 5.06. The fourth-order valence-corrected chi connectivity index (χ4v) is 5.40. The summed E-state index contributed by atoms with van der Waals surface area (Å²) in [6, 6.07) is 25.2. The van der Waals surface area contributed by atoms with Crippen LogP contribution in [0.3, 0.4) is 0 Å². The molecule has 236 valence electrons. The Morgan fingerprint density at radius 2 is 1.52 bits per heavy atom. The van der Waals surface area contributed by atoms with Gasteiger partial charge in [0.1, 0.15) is 23.7 Å². The van der Waals surface area contributed by atoms with Crippen molar-refractivity contribution in [1.29, 1.82) is 5.26 Å². The third-order valence-electron chi connectivity index (χ3n) is 7.80. The molecule has 0 aromatic heterocycles. The molecule has 2 aliphatic rings. The zero-order valence-electron chi connectivity index (χ0n) is 27.3. The maximum Gasteiger partial charge on any atom is 0.126 e. The highest BCUT2D eigenvalue weighted by molar-refractivity contribution is 5.55. The van der Waals surface area contributed by atoms with Gasteiger partial charge in [-0.3, -0.25) is 4.90 Å². The number of allylic oxidation sites excluding steroid dienone is 1. The molecule has 1 heterocycles. The van der Waals surface area contributed by atoms with Gasteiger partial charge in [0.05, 0.1) is 17.7 Å². The molecule has 3 aromatic carbocycles. The largest absolute Gasteiger partial charge is 0.354 e. The van der Waals surface area contributed by atoms with Gasteiger partial charge in [0.15, 0.2) is 0 Å². The number of piperazine rings is 1. The monoisotopic (exact) mass is 602 g/mol. The first-order valence-corrected chi connectivity index (χ1v) is 15.5. The summed E-state index contributed by atoms with van der Waals surface area (Å²) in [6.07, 6.45) is 2.87. The Labute approximate surface area is 263 Å². The summed E-state index contributed by atoms with van der Waals surface area (Å²) in [6.45, 7) is 14.3. The van der Waals surface area contributed by atoms with Crippen LogP contribution in [-0.2, 0) is 4.79 Å². The summed E-state index contributed by atoms with van der Waals surface area (Å²) < 4.78 is 25.6. The molecule has 5 nitrogen and oxygen atoms in total. The number of para-hydroxylation sites is 1. The van der Waals surface area contributed by atoms with Crippen LogP contribution in [0.2, 0.25) is 0 Å². The Morgan fingerprint density at radius 3 is 2.07 bits per heavy atom. The van der Waals surface area contributed by atoms with E-state index >= 15 is 0 Å². The fourth-order valence-electron chi connectivity index (χ4n) is 5.40.